The number of hydrogen-bond donors (Lipinski definition) is 1. The van der Waals surface area contributed by atoms with E-state index in [1.807, 2.05) is 19.1 Å². The third-order valence-corrected chi connectivity index (χ3v) is 6.15. The summed E-state index contributed by atoms with van der Waals surface area (Å²) < 4.78 is 5.92. The predicted octanol–water partition coefficient (Wildman–Crippen LogP) is 6.28. The number of phenols is 1. The molecule has 5 heteroatoms. The van der Waals surface area contributed by atoms with Crippen LogP contribution in [0.15, 0.2) is 36.4 Å². The highest BCUT2D eigenvalue weighted by Crippen LogP contribution is 2.42. The van der Waals surface area contributed by atoms with E-state index in [0.29, 0.717) is 18.8 Å². The summed E-state index contributed by atoms with van der Waals surface area (Å²) in [6.07, 6.45) is 11.1. The molecule has 0 bridgehead atoms. The molecule has 3 rings (SSSR count). The molecule has 5 nitrogen and oxygen atoms in total. The summed E-state index contributed by atoms with van der Waals surface area (Å²) in [6, 6.07) is 3.85. The zero-order chi connectivity index (χ0) is 23.5. The van der Waals surface area contributed by atoms with Crippen LogP contribution in [0.3, 0.4) is 0 Å². The molecule has 0 saturated carbocycles. The summed E-state index contributed by atoms with van der Waals surface area (Å²) in [5.74, 6) is 0.899. The van der Waals surface area contributed by atoms with E-state index in [1.54, 1.807) is 11.0 Å². The van der Waals surface area contributed by atoms with E-state index >= 15 is 0 Å². The average molecular weight is 443 g/mol. The van der Waals surface area contributed by atoms with Crippen molar-refractivity contribution in [2.24, 2.45) is 0 Å². The first kappa shape index (κ1) is 26.0. The van der Waals surface area contributed by atoms with Crippen LogP contribution in [-0.2, 0) is 6.42 Å². The van der Waals surface area contributed by atoms with Crippen molar-refractivity contribution in [1.82, 2.24) is 9.80 Å². The maximum absolute atomic E-state index is 12.8. The van der Waals surface area contributed by atoms with E-state index < -0.39 is 0 Å². The number of piperazine rings is 1. The van der Waals surface area contributed by atoms with Gasteiger partial charge in [0, 0.05) is 37.7 Å². The van der Waals surface area contributed by atoms with E-state index in [1.165, 1.54) is 5.57 Å². The molecule has 1 heterocycles. The molecule has 1 amide bonds. The Morgan fingerprint density at radius 2 is 1.94 bits per heavy atom. The summed E-state index contributed by atoms with van der Waals surface area (Å²) in [6.45, 7) is 12.6. The zero-order valence-electron chi connectivity index (χ0n) is 20.5. The van der Waals surface area contributed by atoms with Gasteiger partial charge in [0.15, 0.2) is 0 Å². The van der Waals surface area contributed by atoms with Gasteiger partial charge in [0.05, 0.1) is 0 Å². The number of ether oxygens (including phenoxy) is 1. The molecule has 0 unspecified atom stereocenters. The van der Waals surface area contributed by atoms with Crippen LogP contribution in [0.4, 0.5) is 4.79 Å². The molecule has 0 radical (unpaired) electrons. The van der Waals surface area contributed by atoms with Crippen LogP contribution < -0.4 is 4.74 Å². The van der Waals surface area contributed by atoms with Crippen LogP contribution in [-0.4, -0.2) is 54.2 Å². The number of hydrogen-bond acceptors (Lipinski definition) is 4. The SMILES string of the molecule is C=CC.CCCCCc1cc(O)c([C@@H]2C=C(C)CCC2)c(OC(=O)N2CCN(C)CC2)c1. The second-order valence-corrected chi connectivity index (χ2v) is 9.06. The fourth-order valence-electron chi connectivity index (χ4n) is 4.33. The van der Waals surface area contributed by atoms with Crippen molar-refractivity contribution >= 4 is 6.09 Å². The molecule has 0 aromatic heterocycles. The fourth-order valence-corrected chi connectivity index (χ4v) is 4.33. The minimum absolute atomic E-state index is 0.101. The first-order valence-electron chi connectivity index (χ1n) is 12.1. The third kappa shape index (κ3) is 7.70. The minimum atomic E-state index is -0.305. The summed E-state index contributed by atoms with van der Waals surface area (Å²) in [5.41, 5.74) is 3.15. The first-order chi connectivity index (χ1) is 15.4. The number of phenolic OH excluding ortho intramolecular Hbond substituents is 1. The lowest BCUT2D eigenvalue weighted by Crippen LogP contribution is -2.48. The largest absolute Gasteiger partial charge is 0.507 e. The van der Waals surface area contributed by atoms with Crippen LogP contribution in [0.25, 0.3) is 0 Å². The summed E-state index contributed by atoms with van der Waals surface area (Å²) in [7, 11) is 2.07. The Balaban J connectivity index is 0.00000114. The smallest absolute Gasteiger partial charge is 0.415 e. The van der Waals surface area contributed by atoms with Gasteiger partial charge in [-0.3, -0.25) is 0 Å². The highest BCUT2D eigenvalue weighted by molar-refractivity contribution is 5.72. The van der Waals surface area contributed by atoms with Crippen molar-refractivity contribution in [3.05, 3.63) is 47.6 Å². The van der Waals surface area contributed by atoms with Crippen molar-refractivity contribution in [2.45, 2.75) is 71.6 Å². The van der Waals surface area contributed by atoms with Gasteiger partial charge in [-0.1, -0.05) is 37.5 Å². The van der Waals surface area contributed by atoms with Gasteiger partial charge in [-0.2, -0.15) is 0 Å². The number of rotatable bonds is 6. The van der Waals surface area contributed by atoms with Gasteiger partial charge in [0.2, 0.25) is 0 Å². The maximum Gasteiger partial charge on any atom is 0.415 e. The number of allylic oxidation sites excluding steroid dienone is 3. The molecule has 2 aliphatic rings. The molecule has 1 N–H and O–H groups in total. The van der Waals surface area contributed by atoms with E-state index in [2.05, 4.69) is 38.5 Å². The van der Waals surface area contributed by atoms with Gasteiger partial charge in [-0.05, 0) is 70.7 Å². The maximum atomic E-state index is 12.8. The summed E-state index contributed by atoms with van der Waals surface area (Å²) >= 11 is 0. The van der Waals surface area contributed by atoms with Crippen LogP contribution >= 0.6 is 0 Å². The highest BCUT2D eigenvalue weighted by Gasteiger charge is 2.26. The molecular weight excluding hydrogens is 400 g/mol. The Labute approximate surface area is 194 Å². The third-order valence-electron chi connectivity index (χ3n) is 6.15. The van der Waals surface area contributed by atoms with E-state index in [0.717, 1.165) is 69.2 Å². The molecule has 1 atom stereocenters. The van der Waals surface area contributed by atoms with Gasteiger partial charge in [-0.25, -0.2) is 4.79 Å². The number of unbranched alkanes of at least 4 members (excludes halogenated alkanes) is 2. The van der Waals surface area contributed by atoms with Crippen LogP contribution in [0.2, 0.25) is 0 Å². The van der Waals surface area contributed by atoms with Crippen LogP contribution in [0.5, 0.6) is 11.5 Å². The first-order valence-corrected chi connectivity index (χ1v) is 12.1. The number of aryl methyl sites for hydroxylation is 1. The van der Waals surface area contributed by atoms with Crippen molar-refractivity contribution in [1.29, 1.82) is 0 Å². The lowest BCUT2D eigenvalue weighted by Gasteiger charge is -2.32. The second-order valence-electron chi connectivity index (χ2n) is 9.06. The van der Waals surface area contributed by atoms with E-state index in [9.17, 15) is 9.90 Å². The molecule has 178 valence electrons. The van der Waals surface area contributed by atoms with Crippen molar-refractivity contribution in [3.8, 4) is 11.5 Å². The molecule has 1 aliphatic carbocycles. The molecule has 1 aromatic carbocycles. The standard InChI is InChI=1S/C24H36N2O3.C3H6/c1-4-5-6-9-19-16-21(27)23(20-10-7-8-18(2)15-20)22(17-19)29-24(28)26-13-11-25(3)12-14-26;1-3-2/h15-17,20,27H,4-14H2,1-3H3;3H,1H2,2H3/t20-;/m0./s1. The quantitative estimate of drug-likeness (QED) is 0.416. The average Bonchev–Trinajstić information content (AvgIpc) is 2.75. The number of carbonyl (C=O) groups is 1. The Bertz CT molecular complexity index is 779. The van der Waals surface area contributed by atoms with Crippen molar-refractivity contribution in [3.63, 3.8) is 0 Å². The van der Waals surface area contributed by atoms with Crippen molar-refractivity contribution < 1.29 is 14.6 Å². The molecule has 1 aliphatic heterocycles. The van der Waals surface area contributed by atoms with Gasteiger partial charge in [0.1, 0.15) is 11.5 Å². The molecular formula is C27H42N2O3. The minimum Gasteiger partial charge on any atom is -0.507 e. The number of benzene rings is 1. The molecule has 0 spiro atoms. The predicted molar refractivity (Wildman–Crippen MR) is 133 cm³/mol. The van der Waals surface area contributed by atoms with Gasteiger partial charge >= 0.3 is 6.09 Å². The van der Waals surface area contributed by atoms with Gasteiger partial charge in [0.25, 0.3) is 0 Å². The lowest BCUT2D eigenvalue weighted by atomic mass is 9.84. The Morgan fingerprint density at radius 1 is 1.25 bits per heavy atom. The monoisotopic (exact) mass is 442 g/mol. The molecule has 1 fully saturated rings. The molecule has 32 heavy (non-hydrogen) atoms. The summed E-state index contributed by atoms with van der Waals surface area (Å²) in [4.78, 5) is 16.8. The molecule has 1 aromatic rings. The van der Waals surface area contributed by atoms with E-state index in [-0.39, 0.29) is 17.8 Å². The lowest BCUT2D eigenvalue weighted by molar-refractivity contribution is 0.120. The number of likely N-dealkylation sites (N-methyl/N-ethyl adjacent to an activating group) is 1. The van der Waals surface area contributed by atoms with Gasteiger partial charge in [-0.15, -0.1) is 6.58 Å². The zero-order valence-corrected chi connectivity index (χ0v) is 20.5. The summed E-state index contributed by atoms with van der Waals surface area (Å²) in [5, 5.41) is 10.9. The van der Waals surface area contributed by atoms with Crippen LogP contribution in [0.1, 0.15) is 76.3 Å². The highest BCUT2D eigenvalue weighted by atomic mass is 16.6. The molecule has 1 saturated heterocycles. The number of amides is 1. The normalized spacial score (nSPS) is 18.9. The Hall–Kier alpha value is -2.27. The van der Waals surface area contributed by atoms with Crippen molar-refractivity contribution in [2.75, 3.05) is 33.2 Å². The Morgan fingerprint density at radius 3 is 2.56 bits per heavy atom. The Kier molecular flexibility index (Phi) is 10.8. The van der Waals surface area contributed by atoms with Crippen LogP contribution in [0, 0.1) is 0 Å². The topological polar surface area (TPSA) is 53.0 Å². The number of carbonyl (C=O) groups excluding carboxylic acids is 1. The van der Waals surface area contributed by atoms with E-state index in [4.69, 9.17) is 4.74 Å². The number of nitrogens with zero attached hydrogens (tertiary/aromatic N) is 2. The fraction of sp³-hybridized carbons (Fsp3) is 0.593. The number of aromatic hydroxyl groups is 1. The van der Waals surface area contributed by atoms with Gasteiger partial charge < -0.3 is 19.6 Å². The second kappa shape index (κ2) is 13.3.